The minimum Gasteiger partial charge on any atom is -0.292 e. The van der Waals surface area contributed by atoms with Crippen LogP contribution >= 0.6 is 0 Å². The molecule has 0 N–H and O–H groups in total. The number of Topliss-reactive ketones (excluding diaryl/α,β-unsaturated/α-hetero) is 1. The smallest absolute Gasteiger partial charge is 0.205 e. The largest absolute Gasteiger partial charge is 0.292 e. The summed E-state index contributed by atoms with van der Waals surface area (Å²) in [6.45, 7) is 4.68. The van der Waals surface area contributed by atoms with Crippen LogP contribution in [0.3, 0.4) is 0 Å². The zero-order valence-corrected chi connectivity index (χ0v) is 5.66. The monoisotopic (exact) mass is 137 g/mol. The minimum atomic E-state index is -0.310. The fourth-order valence-corrected chi connectivity index (χ4v) is 0.379. The quantitative estimate of drug-likeness (QED) is 0.421. The Bertz CT molecular complexity index is 212. The zero-order valence-electron chi connectivity index (χ0n) is 5.66. The Balaban J connectivity index is 4.39. The van der Waals surface area contributed by atoms with Crippen LogP contribution in [0.25, 0.3) is 0 Å². The third kappa shape index (κ3) is 2.18. The van der Waals surface area contributed by atoms with Crippen molar-refractivity contribution in [3.8, 4) is 6.07 Å². The first-order valence-corrected chi connectivity index (χ1v) is 2.73. The number of carbonyl (C=O) groups is 1. The summed E-state index contributed by atoms with van der Waals surface area (Å²) in [6.07, 6.45) is 0.266. The van der Waals surface area contributed by atoms with Crippen molar-refractivity contribution in [1.29, 1.82) is 5.26 Å². The molecule has 0 amide bonds. The molecule has 10 heavy (non-hydrogen) atoms. The van der Waals surface area contributed by atoms with Gasteiger partial charge < -0.3 is 0 Å². The molecular weight excluding hydrogens is 130 g/mol. The van der Waals surface area contributed by atoms with E-state index in [1.807, 2.05) is 0 Å². The van der Waals surface area contributed by atoms with Gasteiger partial charge in [0.15, 0.2) is 5.78 Å². The number of nitriles is 1. The van der Waals surface area contributed by atoms with Crippen molar-refractivity contribution < 1.29 is 4.79 Å². The van der Waals surface area contributed by atoms with Gasteiger partial charge in [0.2, 0.25) is 5.71 Å². The maximum Gasteiger partial charge on any atom is 0.205 e. The molecule has 0 spiro atoms. The summed E-state index contributed by atoms with van der Waals surface area (Å²) in [7, 11) is 0. The van der Waals surface area contributed by atoms with Crippen LogP contribution < -0.4 is 0 Å². The van der Waals surface area contributed by atoms with Crippen molar-refractivity contribution >= 4 is 18.2 Å². The molecule has 0 radical (unpaired) electrons. The van der Waals surface area contributed by atoms with Crippen molar-refractivity contribution in [3.05, 3.63) is 0 Å². The van der Waals surface area contributed by atoms with Crippen LogP contribution in [0.15, 0.2) is 10.2 Å². The van der Waals surface area contributed by atoms with Gasteiger partial charge in [-0.05, 0) is 0 Å². The van der Waals surface area contributed by atoms with Crippen LogP contribution in [0, 0.1) is 11.3 Å². The summed E-state index contributed by atoms with van der Waals surface area (Å²) in [5.41, 5.74) is -0.183. The highest BCUT2D eigenvalue weighted by molar-refractivity contribution is 6.45. The first kappa shape index (κ1) is 8.50. The van der Waals surface area contributed by atoms with E-state index in [0.29, 0.717) is 0 Å². The normalized spacial score (nSPS) is 10.2. The van der Waals surface area contributed by atoms with Crippen LogP contribution in [-0.2, 0) is 4.79 Å². The lowest BCUT2D eigenvalue weighted by Crippen LogP contribution is -2.09. The van der Waals surface area contributed by atoms with E-state index in [0.717, 1.165) is 0 Å². The molecule has 0 bridgehead atoms. The van der Waals surface area contributed by atoms with Gasteiger partial charge in [0.25, 0.3) is 0 Å². The molecule has 0 saturated carbocycles. The molecule has 0 heterocycles. The highest BCUT2D eigenvalue weighted by atomic mass is 16.1. The molecule has 0 saturated heterocycles. The average molecular weight is 137 g/mol. The number of carbonyl (C=O) groups excluding carboxylic acids is 1. The summed E-state index contributed by atoms with van der Waals surface area (Å²) in [5.74, 6) is -0.310. The first-order chi connectivity index (χ1) is 4.76. The molecule has 0 aliphatic rings. The van der Waals surface area contributed by atoms with E-state index in [2.05, 4.69) is 16.9 Å². The lowest BCUT2D eigenvalue weighted by molar-refractivity contribution is -0.112. The van der Waals surface area contributed by atoms with Gasteiger partial charge in [-0.1, -0.05) is 6.92 Å². The maximum atomic E-state index is 10.7. The van der Waals surface area contributed by atoms with Gasteiger partial charge in [-0.2, -0.15) is 10.4 Å². The van der Waals surface area contributed by atoms with Crippen LogP contribution in [-0.4, -0.2) is 18.2 Å². The predicted octanol–water partition coefficient (Wildman–Crippen LogP) is 0.546. The van der Waals surface area contributed by atoms with Crippen molar-refractivity contribution in [1.82, 2.24) is 0 Å². The summed E-state index contributed by atoms with van der Waals surface area (Å²) >= 11 is 0. The number of nitrogens with zero attached hydrogens (tertiary/aromatic N) is 3. The Hall–Kier alpha value is -1.50. The fraction of sp³-hybridized carbons (Fsp3) is 0.333. The fourth-order valence-electron chi connectivity index (χ4n) is 0.379. The molecule has 0 aromatic carbocycles. The molecule has 0 aliphatic carbocycles. The molecular formula is C6H7N3O. The van der Waals surface area contributed by atoms with Crippen LogP contribution in [0.2, 0.25) is 0 Å². The van der Waals surface area contributed by atoms with Crippen LogP contribution in [0.5, 0.6) is 0 Å². The summed E-state index contributed by atoms with van der Waals surface area (Å²) in [4.78, 5) is 10.7. The summed E-state index contributed by atoms with van der Waals surface area (Å²) in [6, 6.07) is 1.62. The number of rotatable bonds is 3. The van der Waals surface area contributed by atoms with E-state index in [1.165, 1.54) is 0 Å². The molecule has 4 heteroatoms. The topological polar surface area (TPSA) is 65.6 Å². The van der Waals surface area contributed by atoms with Gasteiger partial charge in [0.05, 0.1) is 0 Å². The third-order valence-electron chi connectivity index (χ3n) is 0.862. The second-order valence-electron chi connectivity index (χ2n) is 1.48. The first-order valence-electron chi connectivity index (χ1n) is 2.73. The highest BCUT2D eigenvalue weighted by Gasteiger charge is 2.06. The van der Waals surface area contributed by atoms with Gasteiger partial charge in [-0.15, -0.1) is 5.10 Å². The van der Waals surface area contributed by atoms with Crippen molar-refractivity contribution in [3.63, 3.8) is 0 Å². The third-order valence-corrected chi connectivity index (χ3v) is 0.862. The average Bonchev–Trinajstić information content (AvgIpc) is 1.99. The Morgan fingerprint density at radius 2 is 2.40 bits per heavy atom. The van der Waals surface area contributed by atoms with Crippen molar-refractivity contribution in [2.24, 2.45) is 10.2 Å². The zero-order chi connectivity index (χ0) is 7.98. The molecule has 0 rings (SSSR count). The Labute approximate surface area is 58.9 Å². The molecule has 0 unspecified atom stereocenters. The second-order valence-corrected chi connectivity index (χ2v) is 1.48. The van der Waals surface area contributed by atoms with Crippen LogP contribution in [0.1, 0.15) is 13.3 Å². The van der Waals surface area contributed by atoms with Crippen LogP contribution in [0.4, 0.5) is 0 Å². The molecule has 0 atom stereocenters. The Morgan fingerprint density at radius 3 is 2.70 bits per heavy atom. The van der Waals surface area contributed by atoms with E-state index < -0.39 is 0 Å². The van der Waals surface area contributed by atoms with Gasteiger partial charge in [-0.3, -0.25) is 4.79 Å². The lowest BCUT2D eigenvalue weighted by atomic mass is 10.2. The Kier molecular flexibility index (Phi) is 3.73. The number of hydrogen-bond donors (Lipinski definition) is 0. The van der Waals surface area contributed by atoms with Crippen molar-refractivity contribution in [2.75, 3.05) is 0 Å². The van der Waals surface area contributed by atoms with Gasteiger partial charge in [-0.25, -0.2) is 0 Å². The van der Waals surface area contributed by atoms with Crippen molar-refractivity contribution in [2.45, 2.75) is 13.3 Å². The standard InChI is InChI=1S/C6H7N3O/c1-3-6(10)5(4-7)9-8-2/h2-3H2,1H3/b9-5-. The van der Waals surface area contributed by atoms with Gasteiger partial charge in [0.1, 0.15) is 6.07 Å². The summed E-state index contributed by atoms with van der Waals surface area (Å²) in [5, 5.41) is 14.6. The molecule has 4 nitrogen and oxygen atoms in total. The number of hydrogen-bond acceptors (Lipinski definition) is 4. The lowest BCUT2D eigenvalue weighted by Gasteiger charge is -1.86. The highest BCUT2D eigenvalue weighted by Crippen LogP contribution is 1.86. The second kappa shape index (κ2) is 4.39. The van der Waals surface area contributed by atoms with E-state index in [1.54, 1.807) is 13.0 Å². The molecule has 52 valence electrons. The van der Waals surface area contributed by atoms with Gasteiger partial charge >= 0.3 is 0 Å². The van der Waals surface area contributed by atoms with E-state index in [4.69, 9.17) is 5.26 Å². The van der Waals surface area contributed by atoms with E-state index in [9.17, 15) is 4.79 Å². The SMILES string of the molecule is C=N/N=C(/C#N)C(=O)CC. The molecule has 0 aliphatic heterocycles. The maximum absolute atomic E-state index is 10.7. The predicted molar refractivity (Wildman–Crippen MR) is 37.9 cm³/mol. The van der Waals surface area contributed by atoms with Gasteiger partial charge in [0, 0.05) is 13.1 Å². The molecule has 0 fully saturated rings. The molecule has 0 aromatic rings. The van der Waals surface area contributed by atoms with E-state index in [-0.39, 0.29) is 17.9 Å². The minimum absolute atomic E-state index is 0.183. The number of ketones is 1. The van der Waals surface area contributed by atoms with E-state index >= 15 is 0 Å². The summed E-state index contributed by atoms with van der Waals surface area (Å²) < 4.78 is 0. The Morgan fingerprint density at radius 1 is 1.80 bits per heavy atom. The molecule has 0 aromatic heterocycles.